The Labute approximate surface area is 126 Å². The lowest BCUT2D eigenvalue weighted by molar-refractivity contribution is -0.119. The molecule has 3 N–H and O–H groups in total. The number of terminal acetylenes is 1. The molecule has 0 spiro atoms. The van der Waals surface area contributed by atoms with Gasteiger partial charge in [-0.2, -0.15) is 4.72 Å². The molecule has 0 saturated carbocycles. The lowest BCUT2D eigenvalue weighted by Crippen LogP contribution is -2.44. The van der Waals surface area contributed by atoms with Crippen molar-refractivity contribution in [2.24, 2.45) is 5.73 Å². The Hall–Kier alpha value is -1.89. The second kappa shape index (κ2) is 6.71. The quantitative estimate of drug-likeness (QED) is 0.562. The zero-order chi connectivity index (χ0) is 16.2. The number of esters is 1. The molecular weight excluding hydrogens is 316 g/mol. The summed E-state index contributed by atoms with van der Waals surface area (Å²) >= 11 is 0.934. The molecule has 1 unspecified atom stereocenters. The van der Waals surface area contributed by atoms with Crippen molar-refractivity contribution in [2.45, 2.75) is 24.3 Å². The molecule has 21 heavy (non-hydrogen) atoms. The van der Waals surface area contributed by atoms with Crippen molar-refractivity contribution in [3.05, 3.63) is 15.8 Å². The van der Waals surface area contributed by atoms with Gasteiger partial charge in [-0.1, -0.05) is 0 Å². The summed E-state index contributed by atoms with van der Waals surface area (Å²) in [5.74, 6) is 0.488. The van der Waals surface area contributed by atoms with Crippen LogP contribution in [0.2, 0.25) is 0 Å². The van der Waals surface area contributed by atoms with Crippen molar-refractivity contribution < 1.29 is 22.7 Å². The summed E-state index contributed by atoms with van der Waals surface area (Å²) in [6.07, 6.45) is 4.88. The van der Waals surface area contributed by atoms with Crippen molar-refractivity contribution in [2.75, 3.05) is 7.11 Å². The predicted molar refractivity (Wildman–Crippen MR) is 77.1 cm³/mol. The SMILES string of the molecule is C#CCC(NS(=O)(=O)c1c(C)csc1C(=O)OC)C(N)=O. The third-order valence-corrected chi connectivity index (χ3v) is 5.39. The van der Waals surface area contributed by atoms with Crippen LogP contribution in [-0.2, 0) is 19.6 Å². The second-order valence-corrected chi connectivity index (χ2v) is 6.58. The molecule has 0 aliphatic rings. The minimum atomic E-state index is -4.14. The fourth-order valence-electron chi connectivity index (χ4n) is 1.57. The fraction of sp³-hybridized carbons (Fsp3) is 0.333. The monoisotopic (exact) mass is 330 g/mol. The van der Waals surface area contributed by atoms with Gasteiger partial charge in [0.05, 0.1) is 7.11 Å². The highest BCUT2D eigenvalue weighted by Gasteiger charge is 2.30. The third-order valence-electron chi connectivity index (χ3n) is 2.52. The number of ether oxygens (including phenoxy) is 1. The standard InChI is InChI=1S/C12H14N2O5S2/c1-4-5-8(11(13)15)14-21(17,18)10-7(2)6-20-9(10)12(16)19-3/h1,6,8,14H,5H2,2-3H3,(H2,13,15). The molecule has 9 heteroatoms. The first-order valence-corrected chi connectivity index (χ1v) is 8.02. The highest BCUT2D eigenvalue weighted by Crippen LogP contribution is 2.27. The van der Waals surface area contributed by atoms with Crippen LogP contribution in [0, 0.1) is 19.3 Å². The maximum atomic E-state index is 12.4. The van der Waals surface area contributed by atoms with Crippen LogP contribution < -0.4 is 10.5 Å². The molecule has 0 bridgehead atoms. The smallest absolute Gasteiger partial charge is 0.349 e. The topological polar surface area (TPSA) is 116 Å². The van der Waals surface area contributed by atoms with E-state index in [4.69, 9.17) is 12.2 Å². The van der Waals surface area contributed by atoms with Crippen LogP contribution in [0.5, 0.6) is 0 Å². The van der Waals surface area contributed by atoms with E-state index in [2.05, 4.69) is 15.4 Å². The number of amides is 1. The minimum Gasteiger partial charge on any atom is -0.465 e. The second-order valence-electron chi connectivity index (χ2n) is 4.05. The molecule has 1 atom stereocenters. The number of aryl methyl sites for hydroxylation is 1. The van der Waals surface area contributed by atoms with Crippen LogP contribution in [0.1, 0.15) is 21.7 Å². The number of sulfonamides is 1. The van der Waals surface area contributed by atoms with Crippen LogP contribution in [0.3, 0.4) is 0 Å². The van der Waals surface area contributed by atoms with Gasteiger partial charge in [0, 0.05) is 6.42 Å². The molecule has 0 aliphatic carbocycles. The number of nitrogens with one attached hydrogen (secondary N) is 1. The maximum Gasteiger partial charge on any atom is 0.349 e. The van der Waals surface area contributed by atoms with E-state index < -0.39 is 27.9 Å². The molecule has 1 heterocycles. The van der Waals surface area contributed by atoms with Gasteiger partial charge >= 0.3 is 5.97 Å². The van der Waals surface area contributed by atoms with E-state index in [1.807, 2.05) is 0 Å². The summed E-state index contributed by atoms with van der Waals surface area (Å²) in [5.41, 5.74) is 5.45. The van der Waals surface area contributed by atoms with E-state index in [1.54, 1.807) is 0 Å². The van der Waals surface area contributed by atoms with Crippen LogP contribution in [0.25, 0.3) is 0 Å². The highest BCUT2D eigenvalue weighted by atomic mass is 32.2. The van der Waals surface area contributed by atoms with Crippen molar-refractivity contribution in [1.29, 1.82) is 0 Å². The first-order chi connectivity index (χ1) is 9.74. The first-order valence-electron chi connectivity index (χ1n) is 5.66. The number of thiophene rings is 1. The number of rotatable bonds is 6. The Balaban J connectivity index is 3.26. The molecule has 1 aromatic rings. The van der Waals surface area contributed by atoms with Gasteiger partial charge in [-0.15, -0.1) is 23.7 Å². The number of hydrogen-bond acceptors (Lipinski definition) is 6. The molecule has 0 aromatic carbocycles. The Morgan fingerprint density at radius 2 is 2.19 bits per heavy atom. The molecule has 0 aliphatic heterocycles. The lowest BCUT2D eigenvalue weighted by Gasteiger charge is -2.14. The summed E-state index contributed by atoms with van der Waals surface area (Å²) in [6.45, 7) is 1.53. The van der Waals surface area contributed by atoms with Gasteiger partial charge in [0.15, 0.2) is 0 Å². The summed E-state index contributed by atoms with van der Waals surface area (Å²) < 4.78 is 31.4. The third kappa shape index (κ3) is 3.81. The van der Waals surface area contributed by atoms with Crippen molar-refractivity contribution in [1.82, 2.24) is 4.72 Å². The van der Waals surface area contributed by atoms with Gasteiger partial charge in [-0.25, -0.2) is 13.2 Å². The minimum absolute atomic E-state index is 0.0774. The first kappa shape index (κ1) is 17.2. The molecule has 1 aromatic heterocycles. The summed E-state index contributed by atoms with van der Waals surface area (Å²) in [7, 11) is -2.99. The number of methoxy groups -OCH3 is 1. The van der Waals surface area contributed by atoms with Crippen LogP contribution in [-0.4, -0.2) is 33.4 Å². The van der Waals surface area contributed by atoms with Gasteiger partial charge in [-0.05, 0) is 17.9 Å². The van der Waals surface area contributed by atoms with E-state index in [0.717, 1.165) is 18.4 Å². The average Bonchev–Trinajstić information content (AvgIpc) is 2.79. The number of carbonyl (C=O) groups is 2. The number of primary amides is 1. The Morgan fingerprint density at radius 3 is 2.67 bits per heavy atom. The van der Waals surface area contributed by atoms with E-state index in [-0.39, 0.29) is 16.2 Å². The normalized spacial score (nSPS) is 12.4. The molecule has 0 fully saturated rings. The molecule has 1 amide bonds. The zero-order valence-corrected chi connectivity index (χ0v) is 13.0. The van der Waals surface area contributed by atoms with Crippen molar-refractivity contribution >= 4 is 33.2 Å². The van der Waals surface area contributed by atoms with Gasteiger partial charge in [0.1, 0.15) is 15.8 Å². The summed E-state index contributed by atoms with van der Waals surface area (Å²) in [4.78, 5) is 22.5. The molecular formula is C12H14N2O5S2. The van der Waals surface area contributed by atoms with Gasteiger partial charge in [-0.3, -0.25) is 4.79 Å². The van der Waals surface area contributed by atoms with E-state index >= 15 is 0 Å². The Kier molecular flexibility index (Phi) is 5.48. The van der Waals surface area contributed by atoms with Gasteiger partial charge < -0.3 is 10.5 Å². The lowest BCUT2D eigenvalue weighted by atomic mass is 10.2. The van der Waals surface area contributed by atoms with E-state index in [0.29, 0.717) is 5.56 Å². The molecule has 7 nitrogen and oxygen atoms in total. The number of carbonyl (C=O) groups excluding carboxylic acids is 2. The van der Waals surface area contributed by atoms with Crippen LogP contribution >= 0.6 is 11.3 Å². The largest absolute Gasteiger partial charge is 0.465 e. The fourth-order valence-corrected chi connectivity index (χ4v) is 4.48. The molecule has 0 saturated heterocycles. The Bertz CT molecular complexity index is 700. The zero-order valence-electron chi connectivity index (χ0n) is 11.4. The molecule has 0 radical (unpaired) electrons. The van der Waals surface area contributed by atoms with Crippen LogP contribution in [0.15, 0.2) is 10.3 Å². The number of hydrogen-bond donors (Lipinski definition) is 2. The van der Waals surface area contributed by atoms with Gasteiger partial charge in [0.2, 0.25) is 15.9 Å². The van der Waals surface area contributed by atoms with E-state index in [9.17, 15) is 18.0 Å². The summed E-state index contributed by atoms with van der Waals surface area (Å²) in [5, 5.41) is 1.50. The van der Waals surface area contributed by atoms with Crippen LogP contribution in [0.4, 0.5) is 0 Å². The average molecular weight is 330 g/mol. The van der Waals surface area contributed by atoms with Gasteiger partial charge in [0.25, 0.3) is 0 Å². The molecule has 1 rings (SSSR count). The van der Waals surface area contributed by atoms with Crippen molar-refractivity contribution in [3.8, 4) is 12.3 Å². The van der Waals surface area contributed by atoms with E-state index in [1.165, 1.54) is 12.3 Å². The van der Waals surface area contributed by atoms with Crippen molar-refractivity contribution in [3.63, 3.8) is 0 Å². The summed E-state index contributed by atoms with van der Waals surface area (Å²) in [6, 6.07) is -1.25. The number of nitrogens with two attached hydrogens (primary N) is 1. The maximum absolute atomic E-state index is 12.4. The highest BCUT2D eigenvalue weighted by molar-refractivity contribution is 7.89. The molecule has 114 valence electrons. The predicted octanol–water partition coefficient (Wildman–Crippen LogP) is -0.00138. The Morgan fingerprint density at radius 1 is 1.57 bits per heavy atom.